The zero-order valence-corrected chi connectivity index (χ0v) is 38.9. The van der Waals surface area contributed by atoms with Gasteiger partial charge in [0, 0.05) is 54.6 Å². The van der Waals surface area contributed by atoms with Crippen LogP contribution in [0.2, 0.25) is 0 Å². The number of rotatable bonds is 12. The molecule has 3 aromatic carbocycles. The number of primary sulfonamides is 1. The number of hydrogen-bond donors (Lipinski definition) is 1. The minimum absolute atomic E-state index is 0.0531. The number of halogens is 1. The molecule has 2 aliphatic rings. The standard InChI is InChI=1S/C27H31N5O3S.C21H25BrN4O/c1-27(2,19-31-13-4-3-5-14-31)35-23-11-9-20(10-12-23)22-16-29-26-25(17-30-32(26)18-22)21-7-6-8-24(15-21)36(28,33)34;1-21(2,15-25-10-4-3-5-11-25)27-18-8-6-16(7-9-18)17-12-23-20-19(22)13-24-26(20)14-17/h6-12,15-18H,3-5,13-14,19H2,1-2H3,(H2,28,33,34);6-9,12-14H,3-5,10-11,15H2,1-2H3. The van der Waals surface area contributed by atoms with Crippen LogP contribution < -0.4 is 14.6 Å². The lowest BCUT2D eigenvalue weighted by Gasteiger charge is -2.35. The van der Waals surface area contributed by atoms with E-state index >= 15 is 0 Å². The number of piperidine rings is 2. The van der Waals surface area contributed by atoms with Crippen molar-refractivity contribution in [2.75, 3.05) is 39.3 Å². The van der Waals surface area contributed by atoms with E-state index in [1.165, 1.54) is 63.7 Å². The Hall–Kier alpha value is -5.19. The second-order valence-corrected chi connectivity index (χ2v) is 20.2. The number of aromatic nitrogens is 6. The molecule has 0 unspecified atom stereocenters. The normalized spacial score (nSPS) is 15.6. The first-order valence-corrected chi connectivity index (χ1v) is 24.0. The first-order chi connectivity index (χ1) is 30.2. The maximum Gasteiger partial charge on any atom is 0.238 e. The van der Waals surface area contributed by atoms with Gasteiger partial charge in [0.1, 0.15) is 22.7 Å². The van der Waals surface area contributed by atoms with E-state index in [2.05, 4.69) is 85.7 Å². The molecule has 9 rings (SSSR count). The minimum atomic E-state index is -3.80. The second-order valence-electron chi connectivity index (χ2n) is 17.8. The molecule has 2 N–H and O–H groups in total. The summed E-state index contributed by atoms with van der Waals surface area (Å²) in [7, 11) is -3.80. The molecule has 0 atom stereocenters. The van der Waals surface area contributed by atoms with Crippen molar-refractivity contribution in [3.8, 4) is 44.9 Å². The van der Waals surface area contributed by atoms with Gasteiger partial charge in [-0.05, 0) is 149 Å². The summed E-state index contributed by atoms with van der Waals surface area (Å²) in [6.07, 6.45) is 18.8. The van der Waals surface area contributed by atoms with Crippen molar-refractivity contribution in [1.29, 1.82) is 0 Å². The van der Waals surface area contributed by atoms with E-state index < -0.39 is 10.0 Å². The molecular weight excluding hydrogens is 879 g/mol. The monoisotopic (exact) mass is 933 g/mol. The number of nitrogens with zero attached hydrogens (tertiary/aromatic N) is 8. The van der Waals surface area contributed by atoms with Gasteiger partial charge in [0.15, 0.2) is 11.3 Å². The predicted octanol–water partition coefficient (Wildman–Crippen LogP) is 9.16. The van der Waals surface area contributed by atoms with Crippen molar-refractivity contribution < 1.29 is 17.9 Å². The summed E-state index contributed by atoms with van der Waals surface area (Å²) in [6, 6.07) is 22.7. The Morgan fingerprint density at radius 2 is 1.08 bits per heavy atom. The van der Waals surface area contributed by atoms with Gasteiger partial charge in [-0.15, -0.1) is 0 Å². The van der Waals surface area contributed by atoms with E-state index in [-0.39, 0.29) is 16.1 Å². The van der Waals surface area contributed by atoms with Gasteiger partial charge in [0.25, 0.3) is 0 Å². The highest BCUT2D eigenvalue weighted by molar-refractivity contribution is 9.10. The minimum Gasteiger partial charge on any atom is -0.487 e. The van der Waals surface area contributed by atoms with Gasteiger partial charge in [0.05, 0.1) is 21.8 Å². The van der Waals surface area contributed by atoms with Crippen molar-refractivity contribution in [2.45, 2.75) is 82.3 Å². The fraction of sp³-hybridized carbons (Fsp3) is 0.375. The van der Waals surface area contributed by atoms with Crippen LogP contribution in [0.15, 0.2) is 119 Å². The third-order valence-electron chi connectivity index (χ3n) is 11.4. The fourth-order valence-electron chi connectivity index (χ4n) is 8.51. The number of nitrogens with two attached hydrogens (primary N) is 1. The van der Waals surface area contributed by atoms with Crippen LogP contribution in [0.1, 0.15) is 66.2 Å². The molecule has 2 aliphatic heterocycles. The Bertz CT molecular complexity index is 2760. The summed E-state index contributed by atoms with van der Waals surface area (Å²) >= 11 is 3.45. The molecule has 330 valence electrons. The lowest BCUT2D eigenvalue weighted by molar-refractivity contribution is 0.0517. The summed E-state index contributed by atoms with van der Waals surface area (Å²) in [5, 5.41) is 14.0. The molecule has 13 nitrogen and oxygen atoms in total. The number of fused-ring (bicyclic) bond motifs is 2. The molecule has 0 saturated carbocycles. The molecular formula is C48H56BrN9O4S. The summed E-state index contributed by atoms with van der Waals surface area (Å²) in [4.78, 5) is 14.2. The van der Waals surface area contributed by atoms with Crippen molar-refractivity contribution in [1.82, 2.24) is 39.0 Å². The number of sulfonamides is 1. The van der Waals surface area contributed by atoms with E-state index in [1.807, 2.05) is 61.1 Å². The lowest BCUT2D eigenvalue weighted by atomic mass is 10.1. The first-order valence-electron chi connectivity index (χ1n) is 21.7. The van der Waals surface area contributed by atoms with E-state index in [4.69, 9.17) is 14.6 Å². The largest absolute Gasteiger partial charge is 0.487 e. The smallest absolute Gasteiger partial charge is 0.238 e. The van der Waals surface area contributed by atoms with Gasteiger partial charge < -0.3 is 9.47 Å². The van der Waals surface area contributed by atoms with Crippen LogP contribution in [-0.4, -0.2) is 97.9 Å². The third kappa shape index (κ3) is 11.3. The van der Waals surface area contributed by atoms with Crippen LogP contribution in [0.5, 0.6) is 11.5 Å². The molecule has 6 heterocycles. The zero-order valence-electron chi connectivity index (χ0n) is 36.5. The Morgan fingerprint density at radius 3 is 1.59 bits per heavy atom. The van der Waals surface area contributed by atoms with Crippen LogP contribution >= 0.6 is 15.9 Å². The molecule has 2 fully saturated rings. The van der Waals surface area contributed by atoms with Crippen LogP contribution in [0.4, 0.5) is 0 Å². The summed E-state index contributed by atoms with van der Waals surface area (Å²) in [6.45, 7) is 15.2. The van der Waals surface area contributed by atoms with Crippen molar-refractivity contribution >= 4 is 37.2 Å². The highest BCUT2D eigenvalue weighted by atomic mass is 79.9. The lowest BCUT2D eigenvalue weighted by Crippen LogP contribution is -2.44. The van der Waals surface area contributed by atoms with Gasteiger partial charge >= 0.3 is 0 Å². The molecule has 7 aromatic rings. The highest BCUT2D eigenvalue weighted by Gasteiger charge is 2.26. The van der Waals surface area contributed by atoms with Crippen molar-refractivity contribution in [2.24, 2.45) is 5.14 Å². The average Bonchev–Trinajstić information content (AvgIpc) is 3.87. The summed E-state index contributed by atoms with van der Waals surface area (Å²) in [5.41, 5.74) is 6.41. The summed E-state index contributed by atoms with van der Waals surface area (Å²) < 4.78 is 40.5. The van der Waals surface area contributed by atoms with Crippen LogP contribution in [-0.2, 0) is 10.0 Å². The summed E-state index contributed by atoms with van der Waals surface area (Å²) in [5.74, 6) is 1.74. The number of hydrogen-bond acceptors (Lipinski definition) is 10. The van der Waals surface area contributed by atoms with Gasteiger partial charge in [-0.2, -0.15) is 10.2 Å². The SMILES string of the molecule is CC(C)(CN1CCCCC1)Oc1ccc(-c2cnc3c(-c4cccc(S(N)(=O)=O)c4)cnn3c2)cc1.CC(C)(CN1CCCCC1)Oc1ccc(-c2cnc3c(Br)cnn3c2)cc1. The van der Waals surface area contributed by atoms with E-state index in [0.717, 1.165) is 75.6 Å². The molecule has 0 radical (unpaired) electrons. The molecule has 63 heavy (non-hydrogen) atoms. The first kappa shape index (κ1) is 44.4. The van der Waals surface area contributed by atoms with E-state index in [9.17, 15) is 8.42 Å². The molecule has 0 spiro atoms. The average molecular weight is 935 g/mol. The van der Waals surface area contributed by atoms with Gasteiger partial charge in [0.2, 0.25) is 10.0 Å². The van der Waals surface area contributed by atoms with Gasteiger partial charge in [-0.1, -0.05) is 49.2 Å². The Labute approximate surface area is 378 Å². The highest BCUT2D eigenvalue weighted by Crippen LogP contribution is 2.30. The molecule has 2 saturated heterocycles. The quantitative estimate of drug-likeness (QED) is 0.126. The van der Waals surface area contributed by atoms with Crippen molar-refractivity contribution in [3.05, 3.63) is 114 Å². The maximum absolute atomic E-state index is 11.7. The van der Waals surface area contributed by atoms with Crippen LogP contribution in [0.25, 0.3) is 44.7 Å². The number of benzene rings is 3. The Morgan fingerprint density at radius 1 is 0.603 bits per heavy atom. The van der Waals surface area contributed by atoms with Gasteiger partial charge in [-0.3, -0.25) is 9.80 Å². The molecule has 4 aromatic heterocycles. The van der Waals surface area contributed by atoms with Crippen LogP contribution in [0.3, 0.4) is 0 Å². The Balaban J connectivity index is 0.000000180. The number of ether oxygens (including phenoxy) is 2. The molecule has 0 bridgehead atoms. The molecule has 15 heteroatoms. The van der Waals surface area contributed by atoms with Crippen molar-refractivity contribution in [3.63, 3.8) is 0 Å². The molecule has 0 aliphatic carbocycles. The zero-order chi connectivity index (χ0) is 44.2. The van der Waals surface area contributed by atoms with Crippen LogP contribution in [0, 0.1) is 0 Å². The Kier molecular flexibility index (Phi) is 13.3. The second kappa shape index (κ2) is 18.9. The van der Waals surface area contributed by atoms with E-state index in [1.54, 1.807) is 33.7 Å². The third-order valence-corrected chi connectivity index (χ3v) is 12.9. The topological polar surface area (TPSA) is 145 Å². The number of likely N-dealkylation sites (tertiary alicyclic amines) is 2. The fourth-order valence-corrected chi connectivity index (χ4v) is 9.44. The van der Waals surface area contributed by atoms with Gasteiger partial charge in [-0.25, -0.2) is 32.6 Å². The molecule has 0 amide bonds. The predicted molar refractivity (Wildman–Crippen MR) is 251 cm³/mol. The maximum atomic E-state index is 11.7. The van der Waals surface area contributed by atoms with E-state index in [0.29, 0.717) is 11.2 Å².